The molecule has 2 aromatic rings. The quantitative estimate of drug-likeness (QED) is 0.641. The van der Waals surface area contributed by atoms with Gasteiger partial charge in [-0.3, -0.25) is 4.79 Å². The molecule has 0 aliphatic carbocycles. The Hall–Kier alpha value is -2.34. The number of Topliss-reactive ketones (excluding diaryl/α,β-unsaturated/α-hetero) is 1. The molecule has 0 bridgehead atoms. The number of carbonyl (C=O) groups is 2. The molecule has 0 atom stereocenters. The number of fused-ring (bicyclic) bond motifs is 1. The van der Waals surface area contributed by atoms with E-state index in [-0.39, 0.29) is 12.4 Å². The zero-order valence-electron chi connectivity index (χ0n) is 11.7. The molecule has 114 valence electrons. The van der Waals surface area contributed by atoms with Crippen LogP contribution in [0, 0.1) is 0 Å². The van der Waals surface area contributed by atoms with Gasteiger partial charge in [-0.05, 0) is 29.6 Å². The van der Waals surface area contributed by atoms with Crippen LogP contribution in [-0.4, -0.2) is 31.6 Å². The lowest BCUT2D eigenvalue weighted by atomic mass is 10.1. The van der Waals surface area contributed by atoms with Crippen molar-refractivity contribution in [1.29, 1.82) is 0 Å². The largest absolute Gasteiger partial charge is 0.490 e. The predicted octanol–water partition coefficient (Wildman–Crippen LogP) is 2.95. The van der Waals surface area contributed by atoms with Crippen LogP contribution in [0.1, 0.15) is 27.1 Å². The Morgan fingerprint density at radius 1 is 1.09 bits per heavy atom. The van der Waals surface area contributed by atoms with E-state index in [4.69, 9.17) is 14.2 Å². The van der Waals surface area contributed by atoms with Crippen molar-refractivity contribution in [3.63, 3.8) is 0 Å². The first-order valence-electron chi connectivity index (χ1n) is 6.86. The van der Waals surface area contributed by atoms with Gasteiger partial charge in [-0.1, -0.05) is 0 Å². The van der Waals surface area contributed by atoms with Gasteiger partial charge >= 0.3 is 5.97 Å². The summed E-state index contributed by atoms with van der Waals surface area (Å²) >= 11 is 1.40. The molecule has 1 aliphatic rings. The summed E-state index contributed by atoms with van der Waals surface area (Å²) in [5, 5.41) is 3.46. The molecule has 0 N–H and O–H groups in total. The van der Waals surface area contributed by atoms with Crippen molar-refractivity contribution in [1.82, 2.24) is 0 Å². The molecule has 0 unspecified atom stereocenters. The molecule has 0 saturated carbocycles. The van der Waals surface area contributed by atoms with Crippen LogP contribution in [0.5, 0.6) is 11.5 Å². The molecule has 1 aliphatic heterocycles. The summed E-state index contributed by atoms with van der Waals surface area (Å²) in [6, 6.07) is 6.63. The SMILES string of the molecule is O=C(COC(=O)c1ccsc1)c1ccc2c(c1)OCCCO2. The van der Waals surface area contributed by atoms with Crippen LogP contribution in [0.15, 0.2) is 35.0 Å². The second kappa shape index (κ2) is 6.62. The second-order valence-electron chi connectivity index (χ2n) is 4.72. The van der Waals surface area contributed by atoms with Crippen LogP contribution in [0.3, 0.4) is 0 Å². The fraction of sp³-hybridized carbons (Fsp3) is 0.250. The zero-order chi connectivity index (χ0) is 15.4. The number of ketones is 1. The van der Waals surface area contributed by atoms with Gasteiger partial charge < -0.3 is 14.2 Å². The maximum Gasteiger partial charge on any atom is 0.339 e. The first-order chi connectivity index (χ1) is 10.7. The molecule has 1 aromatic heterocycles. The van der Waals surface area contributed by atoms with Gasteiger partial charge in [-0.2, -0.15) is 11.3 Å². The summed E-state index contributed by atoms with van der Waals surface area (Å²) in [5.74, 6) is 0.403. The molecule has 5 nitrogen and oxygen atoms in total. The number of hydrogen-bond donors (Lipinski definition) is 0. The maximum atomic E-state index is 12.1. The molecule has 0 spiro atoms. The summed E-state index contributed by atoms with van der Waals surface area (Å²) in [5.41, 5.74) is 0.888. The minimum Gasteiger partial charge on any atom is -0.490 e. The third-order valence-electron chi connectivity index (χ3n) is 3.16. The highest BCUT2D eigenvalue weighted by Gasteiger charge is 2.16. The maximum absolute atomic E-state index is 12.1. The molecule has 3 rings (SSSR count). The lowest BCUT2D eigenvalue weighted by Crippen LogP contribution is -2.14. The Morgan fingerprint density at radius 3 is 2.68 bits per heavy atom. The Balaban J connectivity index is 1.65. The topological polar surface area (TPSA) is 61.8 Å². The molecule has 2 heterocycles. The molecular formula is C16H14O5S. The lowest BCUT2D eigenvalue weighted by Gasteiger charge is -2.09. The molecule has 0 radical (unpaired) electrons. The van der Waals surface area contributed by atoms with E-state index in [1.54, 1.807) is 35.0 Å². The van der Waals surface area contributed by atoms with Crippen LogP contribution in [0.2, 0.25) is 0 Å². The molecule has 0 saturated heterocycles. The standard InChI is InChI=1S/C16H14O5S/c17-13(9-21-16(18)12-4-7-22-10-12)11-2-3-14-15(8-11)20-6-1-5-19-14/h2-4,7-8,10H,1,5-6,9H2. The summed E-state index contributed by atoms with van der Waals surface area (Å²) in [7, 11) is 0. The summed E-state index contributed by atoms with van der Waals surface area (Å²) < 4.78 is 16.1. The van der Waals surface area contributed by atoms with E-state index in [2.05, 4.69) is 0 Å². The fourth-order valence-electron chi connectivity index (χ4n) is 2.02. The minimum absolute atomic E-state index is 0.278. The average Bonchev–Trinajstić information content (AvgIpc) is 2.97. The minimum atomic E-state index is -0.496. The molecule has 0 fully saturated rings. The molecule has 6 heteroatoms. The third kappa shape index (κ3) is 3.28. The van der Waals surface area contributed by atoms with Gasteiger partial charge in [0.15, 0.2) is 23.9 Å². The normalized spacial score (nSPS) is 13.3. The van der Waals surface area contributed by atoms with E-state index in [0.717, 1.165) is 6.42 Å². The van der Waals surface area contributed by atoms with Crippen molar-refractivity contribution in [2.45, 2.75) is 6.42 Å². The van der Waals surface area contributed by atoms with Gasteiger partial charge in [-0.25, -0.2) is 4.79 Å². The average molecular weight is 318 g/mol. The lowest BCUT2D eigenvalue weighted by molar-refractivity contribution is 0.0475. The van der Waals surface area contributed by atoms with Crippen molar-refractivity contribution < 1.29 is 23.8 Å². The number of esters is 1. The van der Waals surface area contributed by atoms with Gasteiger partial charge in [0.25, 0.3) is 0 Å². The molecule has 22 heavy (non-hydrogen) atoms. The molecule has 0 amide bonds. The van der Waals surface area contributed by atoms with Gasteiger partial charge in [0.2, 0.25) is 0 Å². The Morgan fingerprint density at radius 2 is 1.91 bits per heavy atom. The first kappa shape index (κ1) is 14.6. The van der Waals surface area contributed by atoms with Crippen LogP contribution in [0.4, 0.5) is 0 Å². The zero-order valence-corrected chi connectivity index (χ0v) is 12.6. The van der Waals surface area contributed by atoms with Crippen molar-refractivity contribution in [2.75, 3.05) is 19.8 Å². The van der Waals surface area contributed by atoms with E-state index in [1.807, 2.05) is 0 Å². The number of benzene rings is 1. The highest BCUT2D eigenvalue weighted by Crippen LogP contribution is 2.30. The van der Waals surface area contributed by atoms with Crippen molar-refractivity contribution in [3.05, 3.63) is 46.2 Å². The van der Waals surface area contributed by atoms with Crippen molar-refractivity contribution in [2.24, 2.45) is 0 Å². The number of hydrogen-bond acceptors (Lipinski definition) is 6. The summed E-state index contributed by atoms with van der Waals surface area (Å²) in [6.45, 7) is 0.852. The number of ether oxygens (including phenoxy) is 3. The van der Waals surface area contributed by atoms with E-state index >= 15 is 0 Å². The Labute approximate surface area is 131 Å². The monoisotopic (exact) mass is 318 g/mol. The van der Waals surface area contributed by atoms with Gasteiger partial charge in [0.05, 0.1) is 18.8 Å². The number of rotatable bonds is 4. The van der Waals surface area contributed by atoms with E-state index in [1.165, 1.54) is 11.3 Å². The van der Waals surface area contributed by atoms with Gasteiger partial charge in [0.1, 0.15) is 0 Å². The van der Waals surface area contributed by atoms with Crippen LogP contribution in [-0.2, 0) is 4.74 Å². The fourth-order valence-corrected chi connectivity index (χ4v) is 2.64. The van der Waals surface area contributed by atoms with Gasteiger partial charge in [-0.15, -0.1) is 0 Å². The first-order valence-corrected chi connectivity index (χ1v) is 7.80. The third-order valence-corrected chi connectivity index (χ3v) is 3.84. The van der Waals surface area contributed by atoms with E-state index in [0.29, 0.717) is 35.8 Å². The highest BCUT2D eigenvalue weighted by atomic mass is 32.1. The van der Waals surface area contributed by atoms with E-state index < -0.39 is 5.97 Å². The summed E-state index contributed by atoms with van der Waals surface area (Å²) in [4.78, 5) is 23.8. The number of thiophene rings is 1. The molecule has 1 aromatic carbocycles. The molecular weight excluding hydrogens is 304 g/mol. The Bertz CT molecular complexity index is 678. The second-order valence-corrected chi connectivity index (χ2v) is 5.50. The van der Waals surface area contributed by atoms with Crippen LogP contribution in [0.25, 0.3) is 0 Å². The van der Waals surface area contributed by atoms with Crippen LogP contribution < -0.4 is 9.47 Å². The highest BCUT2D eigenvalue weighted by molar-refractivity contribution is 7.08. The van der Waals surface area contributed by atoms with E-state index in [9.17, 15) is 9.59 Å². The van der Waals surface area contributed by atoms with Gasteiger partial charge in [0, 0.05) is 17.4 Å². The summed E-state index contributed by atoms with van der Waals surface area (Å²) in [6.07, 6.45) is 0.802. The Kier molecular flexibility index (Phi) is 4.39. The number of carbonyl (C=O) groups excluding carboxylic acids is 2. The van der Waals surface area contributed by atoms with Crippen LogP contribution >= 0.6 is 11.3 Å². The van der Waals surface area contributed by atoms with Crippen molar-refractivity contribution in [3.8, 4) is 11.5 Å². The smallest absolute Gasteiger partial charge is 0.339 e. The van der Waals surface area contributed by atoms with Crippen molar-refractivity contribution >= 4 is 23.1 Å². The predicted molar refractivity (Wildman–Crippen MR) is 81.0 cm³/mol.